The second kappa shape index (κ2) is 16.3. The predicted octanol–water partition coefficient (Wildman–Crippen LogP) is 4.36. The Bertz CT molecular complexity index is 268. The average Bonchev–Trinajstić information content (AvgIpc) is 2.50. The lowest BCUT2D eigenvalue weighted by atomic mass is 10.0. The summed E-state index contributed by atoms with van der Waals surface area (Å²) in [5.41, 5.74) is 0. The van der Waals surface area contributed by atoms with Crippen molar-refractivity contribution in [1.29, 1.82) is 0 Å². The highest BCUT2D eigenvalue weighted by Crippen LogP contribution is 2.13. The zero-order valence-electron chi connectivity index (χ0n) is 15.3. The zero-order chi connectivity index (χ0) is 17.3. The maximum atomic E-state index is 10.6. The quantitative estimate of drug-likeness (QED) is 0.326. The van der Waals surface area contributed by atoms with Crippen LogP contribution < -0.4 is 0 Å². The van der Waals surface area contributed by atoms with E-state index in [4.69, 9.17) is 4.74 Å². The van der Waals surface area contributed by atoms with Crippen LogP contribution in [0.15, 0.2) is 0 Å². The first-order valence-electron chi connectivity index (χ1n) is 9.55. The van der Waals surface area contributed by atoms with E-state index in [1.54, 1.807) is 0 Å². The molecule has 0 fully saturated rings. The van der Waals surface area contributed by atoms with Crippen LogP contribution in [0.2, 0.25) is 0 Å². The van der Waals surface area contributed by atoms with Gasteiger partial charge in [0.2, 0.25) is 0 Å². The molecule has 0 rings (SSSR count). The summed E-state index contributed by atoms with van der Waals surface area (Å²) in [6.07, 6.45) is 13.9. The largest absolute Gasteiger partial charge is 0.463 e. The van der Waals surface area contributed by atoms with Crippen LogP contribution in [0.25, 0.3) is 0 Å². The molecule has 0 aliphatic heterocycles. The Hall–Kier alpha value is -0.610. The van der Waals surface area contributed by atoms with E-state index in [0.717, 1.165) is 12.8 Å². The first kappa shape index (κ1) is 22.4. The summed E-state index contributed by atoms with van der Waals surface area (Å²) in [5, 5.41) is 19.4. The maximum absolute atomic E-state index is 10.6. The average molecular weight is 331 g/mol. The highest BCUT2D eigenvalue weighted by atomic mass is 16.5. The lowest BCUT2D eigenvalue weighted by molar-refractivity contribution is -0.144. The summed E-state index contributed by atoms with van der Waals surface area (Å²) in [5.74, 6) is -0.399. The van der Waals surface area contributed by atoms with Gasteiger partial charge < -0.3 is 14.9 Å². The monoisotopic (exact) mass is 330 g/mol. The fourth-order valence-corrected chi connectivity index (χ4v) is 2.76. The summed E-state index contributed by atoms with van der Waals surface area (Å²) in [7, 11) is 0. The summed E-state index contributed by atoms with van der Waals surface area (Å²) >= 11 is 0. The van der Waals surface area contributed by atoms with Crippen molar-refractivity contribution in [2.75, 3.05) is 6.61 Å². The number of hydrogen-bond acceptors (Lipinski definition) is 4. The molecule has 0 aromatic heterocycles. The van der Waals surface area contributed by atoms with Gasteiger partial charge in [-0.05, 0) is 6.42 Å². The van der Waals surface area contributed by atoms with Gasteiger partial charge in [-0.1, -0.05) is 77.6 Å². The number of carbonyl (C=O) groups excluding carboxylic acids is 1. The second-order valence-electron chi connectivity index (χ2n) is 6.67. The third kappa shape index (κ3) is 17.6. The minimum Gasteiger partial charge on any atom is -0.463 e. The van der Waals surface area contributed by atoms with Gasteiger partial charge in [-0.25, -0.2) is 0 Å². The molecule has 0 aromatic rings. The minimum absolute atomic E-state index is 0.0232. The van der Waals surface area contributed by atoms with Crippen molar-refractivity contribution in [3.05, 3.63) is 0 Å². The first-order valence-corrected chi connectivity index (χ1v) is 9.55. The van der Waals surface area contributed by atoms with E-state index in [9.17, 15) is 15.0 Å². The van der Waals surface area contributed by atoms with Gasteiger partial charge >= 0.3 is 5.97 Å². The van der Waals surface area contributed by atoms with E-state index in [1.165, 1.54) is 64.7 Å². The van der Waals surface area contributed by atoms with Gasteiger partial charge in [0.25, 0.3) is 0 Å². The number of carbonyl (C=O) groups is 1. The van der Waals surface area contributed by atoms with Crippen LogP contribution in [0.5, 0.6) is 0 Å². The van der Waals surface area contributed by atoms with Crippen molar-refractivity contribution < 1.29 is 19.7 Å². The normalized spacial score (nSPS) is 13.7. The van der Waals surface area contributed by atoms with Crippen LogP contribution in [0, 0.1) is 0 Å². The second-order valence-corrected chi connectivity index (χ2v) is 6.67. The zero-order valence-corrected chi connectivity index (χ0v) is 15.3. The number of aliphatic hydroxyl groups excluding tert-OH is 2. The fraction of sp³-hybridized carbons (Fsp3) is 0.947. The van der Waals surface area contributed by atoms with E-state index in [1.807, 2.05) is 0 Å². The number of esters is 1. The smallest absolute Gasteiger partial charge is 0.302 e. The van der Waals surface area contributed by atoms with Gasteiger partial charge in [-0.3, -0.25) is 4.79 Å². The van der Waals surface area contributed by atoms with E-state index < -0.39 is 18.2 Å². The van der Waals surface area contributed by atoms with Gasteiger partial charge in [0.05, 0.1) is 12.2 Å². The van der Waals surface area contributed by atoms with Gasteiger partial charge in [0.1, 0.15) is 6.61 Å². The molecule has 0 saturated heterocycles. The summed E-state index contributed by atoms with van der Waals surface area (Å²) in [4.78, 5) is 10.6. The van der Waals surface area contributed by atoms with Gasteiger partial charge in [-0.15, -0.1) is 0 Å². The van der Waals surface area contributed by atoms with Gasteiger partial charge in [0, 0.05) is 13.3 Å². The number of ether oxygens (including phenoxy) is 1. The Morgan fingerprint density at radius 2 is 1.30 bits per heavy atom. The van der Waals surface area contributed by atoms with E-state index in [2.05, 4.69) is 6.92 Å². The van der Waals surface area contributed by atoms with Crippen molar-refractivity contribution in [3.63, 3.8) is 0 Å². The van der Waals surface area contributed by atoms with Crippen LogP contribution in [-0.2, 0) is 9.53 Å². The highest BCUT2D eigenvalue weighted by molar-refractivity contribution is 5.65. The van der Waals surface area contributed by atoms with Crippen molar-refractivity contribution in [2.45, 2.75) is 110 Å². The Morgan fingerprint density at radius 3 is 1.78 bits per heavy atom. The Balaban J connectivity index is 3.29. The predicted molar refractivity (Wildman–Crippen MR) is 94.3 cm³/mol. The molecule has 4 nitrogen and oxygen atoms in total. The third-order valence-corrected chi connectivity index (χ3v) is 4.16. The molecular weight excluding hydrogens is 292 g/mol. The van der Waals surface area contributed by atoms with Crippen LogP contribution in [-0.4, -0.2) is 35.0 Å². The number of unbranched alkanes of at least 4 members (excludes halogenated alkanes) is 10. The van der Waals surface area contributed by atoms with Crippen molar-refractivity contribution in [1.82, 2.24) is 0 Å². The van der Waals surface area contributed by atoms with Gasteiger partial charge in [0.15, 0.2) is 0 Å². The van der Waals surface area contributed by atoms with E-state index in [0.29, 0.717) is 6.42 Å². The van der Waals surface area contributed by atoms with Crippen LogP contribution in [0.3, 0.4) is 0 Å². The molecule has 23 heavy (non-hydrogen) atoms. The number of aliphatic hydroxyl groups is 2. The molecule has 0 radical (unpaired) electrons. The molecule has 0 aliphatic carbocycles. The van der Waals surface area contributed by atoms with E-state index >= 15 is 0 Å². The summed E-state index contributed by atoms with van der Waals surface area (Å²) in [6, 6.07) is 0. The molecule has 0 amide bonds. The Kier molecular flexibility index (Phi) is 15.8. The van der Waals surface area contributed by atoms with Crippen molar-refractivity contribution in [2.24, 2.45) is 0 Å². The van der Waals surface area contributed by atoms with Crippen LogP contribution in [0.4, 0.5) is 0 Å². The van der Waals surface area contributed by atoms with Crippen LogP contribution >= 0.6 is 0 Å². The van der Waals surface area contributed by atoms with Crippen LogP contribution in [0.1, 0.15) is 97.3 Å². The molecule has 2 unspecified atom stereocenters. The topological polar surface area (TPSA) is 66.8 Å². The number of hydrogen-bond donors (Lipinski definition) is 2. The molecule has 4 heteroatoms. The summed E-state index contributed by atoms with van der Waals surface area (Å²) in [6.45, 7) is 3.54. The van der Waals surface area contributed by atoms with Crippen molar-refractivity contribution >= 4 is 5.97 Å². The molecule has 0 bridgehead atoms. The molecule has 0 saturated carbocycles. The molecule has 138 valence electrons. The standard InChI is InChI=1S/C19H38O4/c1-3-4-5-6-7-8-9-10-11-12-13-14-18(21)15-19(22)16-23-17(2)20/h18-19,21-22H,3-16H2,1-2H3. The molecule has 0 aromatic carbocycles. The number of rotatable bonds is 16. The molecule has 2 N–H and O–H groups in total. The molecule has 0 heterocycles. The van der Waals surface area contributed by atoms with E-state index in [-0.39, 0.29) is 13.0 Å². The molecule has 2 atom stereocenters. The molecule has 0 spiro atoms. The highest BCUT2D eigenvalue weighted by Gasteiger charge is 2.12. The maximum Gasteiger partial charge on any atom is 0.302 e. The molecular formula is C19H38O4. The molecule has 0 aliphatic rings. The lowest BCUT2D eigenvalue weighted by Gasteiger charge is -2.15. The third-order valence-electron chi connectivity index (χ3n) is 4.16. The minimum atomic E-state index is -0.762. The lowest BCUT2D eigenvalue weighted by Crippen LogP contribution is -2.23. The Morgan fingerprint density at radius 1 is 0.826 bits per heavy atom. The van der Waals surface area contributed by atoms with Crippen molar-refractivity contribution in [3.8, 4) is 0 Å². The van der Waals surface area contributed by atoms with Gasteiger partial charge in [-0.2, -0.15) is 0 Å². The summed E-state index contributed by atoms with van der Waals surface area (Å²) < 4.78 is 4.72. The Labute approximate surface area is 142 Å². The SMILES string of the molecule is CCCCCCCCCCCCCC(O)CC(O)COC(C)=O. The fourth-order valence-electron chi connectivity index (χ4n) is 2.76. The first-order chi connectivity index (χ1) is 11.1.